The highest BCUT2D eigenvalue weighted by Crippen LogP contribution is 2.48. The van der Waals surface area contributed by atoms with Crippen molar-refractivity contribution in [2.75, 3.05) is 0 Å². The zero-order valence-corrected chi connectivity index (χ0v) is 45.8. The summed E-state index contributed by atoms with van der Waals surface area (Å²) in [6.07, 6.45) is 1.88. The van der Waals surface area contributed by atoms with Crippen molar-refractivity contribution in [2.24, 2.45) is 0 Å². The number of hydrogen-bond acceptors (Lipinski definition) is 2. The molecule has 3 heterocycles. The summed E-state index contributed by atoms with van der Waals surface area (Å²) >= 11 is 0. The van der Waals surface area contributed by atoms with E-state index < -0.39 is 6.85 Å². The van der Waals surface area contributed by atoms with Gasteiger partial charge < -0.3 is 4.74 Å². The first-order valence-electron chi connectivity index (χ1n) is 29.8. The summed E-state index contributed by atoms with van der Waals surface area (Å²) in [6.45, 7) is 23.5. The Morgan fingerprint density at radius 3 is 1.89 bits per heavy atom. The Balaban J connectivity index is 1.17. The van der Waals surface area contributed by atoms with Crippen LogP contribution in [0.5, 0.6) is 11.5 Å². The van der Waals surface area contributed by atoms with Gasteiger partial charge in [0, 0.05) is 44.8 Å². The third-order valence-electron chi connectivity index (χ3n) is 14.7. The Kier molecular flexibility index (Phi) is 10.3. The van der Waals surface area contributed by atoms with E-state index in [1.165, 1.54) is 6.07 Å². The first-order valence-corrected chi connectivity index (χ1v) is 26.3. The number of benzene rings is 8. The molecule has 10 aromatic rings. The largest absolute Gasteiger partial charge is 0.503 e. The van der Waals surface area contributed by atoms with Crippen molar-refractivity contribution in [1.82, 2.24) is 18.7 Å². The predicted molar refractivity (Wildman–Crippen MR) is 322 cm³/mol. The van der Waals surface area contributed by atoms with Gasteiger partial charge in [-0.1, -0.05) is 186 Å². The molecule has 0 bridgehead atoms. The van der Waals surface area contributed by atoms with E-state index >= 15 is 0 Å². The van der Waals surface area contributed by atoms with E-state index in [1.807, 2.05) is 53.2 Å². The highest BCUT2D eigenvalue weighted by atomic mass is 16.5. The number of rotatable bonds is 8. The van der Waals surface area contributed by atoms with E-state index in [2.05, 4.69) is 191 Å². The molecule has 0 atom stereocenters. The molecule has 0 amide bonds. The van der Waals surface area contributed by atoms with E-state index in [0.717, 1.165) is 66.6 Å². The van der Waals surface area contributed by atoms with Crippen LogP contribution in [0.4, 0.5) is 22.7 Å². The minimum Gasteiger partial charge on any atom is -0.457 e. The number of fused-ring (bicyclic) bond motifs is 4. The first kappa shape index (κ1) is 42.2. The van der Waals surface area contributed by atoms with Crippen LogP contribution in [0.1, 0.15) is 120 Å². The lowest BCUT2D eigenvalue weighted by Crippen LogP contribution is -2.16. The smallest absolute Gasteiger partial charge is 0.457 e. The maximum absolute atomic E-state index is 9.36. The van der Waals surface area contributed by atoms with Crippen LogP contribution in [-0.2, 0) is 21.7 Å². The molecule has 0 unspecified atom stereocenters. The molecule has 1 aliphatic heterocycles. The van der Waals surface area contributed by atoms with Crippen LogP contribution in [0.2, 0.25) is 0 Å². The lowest BCUT2D eigenvalue weighted by Gasteiger charge is -2.26. The number of nitrogens with zero attached hydrogens (tertiary/aromatic N) is 4. The molecule has 5 nitrogen and oxygen atoms in total. The second-order valence-corrected chi connectivity index (χ2v) is 24.3. The zero-order valence-electron chi connectivity index (χ0n) is 52.8. The molecule has 0 saturated heterocycles. The summed E-state index contributed by atoms with van der Waals surface area (Å²) in [4.78, 5) is 4.98. The zero-order chi connectivity index (χ0) is 59.5. The standard InChI is InChI=1S/C71H70N4O/c1-46-22-20-29-63-66(46)74(67-58(48-25-18-15-19-26-48)27-21-28-59(67)50-36-52(69(5,6)7)39-53(37-50)70(8,9)10)45-73(63)55-40-54(71(11,12)13)41-57(43-55)76-56-31-32-60-61-38-49(47-23-16-14-17-24-47)30-33-62(61)75(64(60)44-56)65-42-51(34-35-72-65)68(2,3)4/h14-44H,1-13H3/q+2/i1D3,15D,18D,25D,26D. The number of aromatic nitrogens is 2. The highest BCUT2D eigenvalue weighted by Gasteiger charge is 2.41. The van der Waals surface area contributed by atoms with Crippen molar-refractivity contribution in [1.29, 1.82) is 0 Å². The van der Waals surface area contributed by atoms with Gasteiger partial charge in [-0.2, -0.15) is 0 Å². The van der Waals surface area contributed by atoms with Gasteiger partial charge in [0.2, 0.25) is 11.4 Å². The number of pyridine rings is 1. The van der Waals surface area contributed by atoms with Gasteiger partial charge in [-0.05, 0) is 137 Å². The van der Waals surface area contributed by atoms with Crippen LogP contribution in [0.3, 0.4) is 0 Å². The third-order valence-corrected chi connectivity index (χ3v) is 14.7. The fourth-order valence-corrected chi connectivity index (χ4v) is 10.3. The van der Waals surface area contributed by atoms with Crippen LogP contribution >= 0.6 is 0 Å². The van der Waals surface area contributed by atoms with Crippen LogP contribution in [0.15, 0.2) is 188 Å². The van der Waals surface area contributed by atoms with E-state index in [9.17, 15) is 2.74 Å². The van der Waals surface area contributed by atoms with Gasteiger partial charge in [-0.15, -0.1) is 0 Å². The van der Waals surface area contributed by atoms with Gasteiger partial charge in [0.1, 0.15) is 17.3 Å². The molecule has 0 N–H and O–H groups in total. The lowest BCUT2D eigenvalue weighted by atomic mass is 9.78. The van der Waals surface area contributed by atoms with Gasteiger partial charge in [-0.25, -0.2) is 4.98 Å². The van der Waals surface area contributed by atoms with E-state index in [4.69, 9.17) is 16.6 Å². The molecule has 0 spiro atoms. The monoisotopic (exact) mass is 1000 g/mol. The number of aryl methyl sites for hydroxylation is 1. The molecule has 378 valence electrons. The van der Waals surface area contributed by atoms with Gasteiger partial charge >= 0.3 is 11.7 Å². The lowest BCUT2D eigenvalue weighted by molar-refractivity contribution is 0.479. The van der Waals surface area contributed by atoms with Crippen molar-refractivity contribution < 1.29 is 14.3 Å². The SMILES string of the molecule is [2H]c1cc([2H])c(-c2cccc(-c3cc(C(C)(C)C)cc(C(C)(C)C)c3)c2[N+]2=C=[N+](c3cc(Oc4ccc5c6cc(-c7ccccc7)ccc6n(-c6cc(C(C)(C)C)ccn6)c5c4)cc(C(C)(C)C)c3)c3cccc(C([2H])([2H])[2H])c32)c([2H])c1[2H]. The summed E-state index contributed by atoms with van der Waals surface area (Å²) in [5.74, 6) is 1.95. The van der Waals surface area contributed by atoms with Crippen LogP contribution in [-0.4, -0.2) is 15.6 Å². The van der Waals surface area contributed by atoms with Crippen molar-refractivity contribution in [2.45, 2.75) is 112 Å². The molecule has 0 radical (unpaired) electrons. The third kappa shape index (κ3) is 9.39. The van der Waals surface area contributed by atoms with Crippen LogP contribution in [0.25, 0.3) is 61.0 Å². The van der Waals surface area contributed by atoms with Gasteiger partial charge in [0.05, 0.1) is 33.7 Å². The van der Waals surface area contributed by atoms with E-state index in [0.29, 0.717) is 45.4 Å². The summed E-state index contributed by atoms with van der Waals surface area (Å²) in [7, 11) is 0. The molecule has 0 aliphatic carbocycles. The summed E-state index contributed by atoms with van der Waals surface area (Å²) < 4.78 is 76.2. The van der Waals surface area contributed by atoms with Crippen molar-refractivity contribution >= 4 is 50.6 Å². The average Bonchev–Trinajstić information content (AvgIpc) is 2.30. The van der Waals surface area contributed by atoms with Crippen molar-refractivity contribution in [3.8, 4) is 50.7 Å². The Bertz CT molecular complexity index is 4310. The average molecular weight is 1000 g/mol. The Morgan fingerprint density at radius 1 is 0.487 bits per heavy atom. The van der Waals surface area contributed by atoms with E-state index in [1.54, 1.807) is 16.7 Å². The molecule has 0 saturated carbocycles. The van der Waals surface area contributed by atoms with Gasteiger partial charge in [-0.3, -0.25) is 4.57 Å². The maximum atomic E-state index is 9.36. The molecular formula is C71H70N4O+2. The van der Waals surface area contributed by atoms with Crippen molar-refractivity contribution in [3.63, 3.8) is 0 Å². The van der Waals surface area contributed by atoms with Gasteiger partial charge in [0.25, 0.3) is 5.69 Å². The second-order valence-electron chi connectivity index (χ2n) is 24.3. The number of hydrogen-bond donors (Lipinski definition) is 0. The molecule has 5 heteroatoms. The Labute approximate surface area is 460 Å². The maximum Gasteiger partial charge on any atom is 0.503 e. The summed E-state index contributed by atoms with van der Waals surface area (Å²) in [6, 6.07) is 55.2. The predicted octanol–water partition coefficient (Wildman–Crippen LogP) is 19.3. The topological polar surface area (TPSA) is 33.1 Å². The minimum absolute atomic E-state index is 0.0787. The minimum atomic E-state index is -2.60. The number of para-hydroxylation sites is 2. The Hall–Kier alpha value is -8.11. The Morgan fingerprint density at radius 2 is 1.18 bits per heavy atom. The molecule has 8 aromatic carbocycles. The summed E-state index contributed by atoms with van der Waals surface area (Å²) in [5.41, 5.74) is 11.7. The van der Waals surface area contributed by atoms with Crippen LogP contribution < -0.4 is 13.9 Å². The van der Waals surface area contributed by atoms with Crippen LogP contribution in [0, 0.1) is 6.85 Å². The fourth-order valence-electron chi connectivity index (χ4n) is 10.3. The normalized spacial score (nSPS) is 14.5. The quantitative estimate of drug-likeness (QED) is 0.142. The number of ether oxygens (including phenoxy) is 1. The van der Waals surface area contributed by atoms with Crippen molar-refractivity contribution in [3.05, 3.63) is 216 Å². The second kappa shape index (κ2) is 18.6. The highest BCUT2D eigenvalue weighted by molar-refractivity contribution is 6.11. The van der Waals surface area contributed by atoms with Gasteiger partial charge in [0.15, 0.2) is 0 Å². The molecule has 1 aliphatic rings. The molecular weight excluding hydrogens is 925 g/mol. The summed E-state index contributed by atoms with van der Waals surface area (Å²) in [5, 5.41) is 2.13. The van der Waals surface area contributed by atoms with E-state index in [-0.39, 0.29) is 57.0 Å². The molecule has 11 rings (SSSR count). The first-order chi connectivity index (χ1) is 38.9. The molecule has 0 fully saturated rings. The molecule has 76 heavy (non-hydrogen) atoms. The fraction of sp³-hybridized carbons (Fsp3) is 0.239. The molecule has 2 aromatic heterocycles.